The van der Waals surface area contributed by atoms with Gasteiger partial charge in [0.15, 0.2) is 0 Å². The van der Waals surface area contributed by atoms with E-state index in [2.05, 4.69) is 13.2 Å². The second kappa shape index (κ2) is 19.1. The number of carbonyl (C=O) groups is 3. The van der Waals surface area contributed by atoms with Crippen LogP contribution in [0, 0.1) is 0 Å². The minimum atomic E-state index is -1.13. The molecule has 0 amide bonds. The maximum atomic E-state index is 11.1. The molecule has 0 spiro atoms. The smallest absolute Gasteiger partial charge is 0.330 e. The molecular formula is C21H34O12. The Kier molecular flexibility index (Phi) is 17.8. The van der Waals surface area contributed by atoms with Crippen LogP contribution in [0.4, 0.5) is 0 Å². The quantitative estimate of drug-likeness (QED) is 0.110. The summed E-state index contributed by atoms with van der Waals surface area (Å²) in [6.45, 7) is 6.57. The first-order valence-electron chi connectivity index (χ1n) is 10.3. The van der Waals surface area contributed by atoms with Crippen LogP contribution in [0.1, 0.15) is 13.3 Å². The van der Waals surface area contributed by atoms with E-state index in [1.54, 1.807) is 6.92 Å². The highest BCUT2D eigenvalue weighted by Crippen LogP contribution is 2.01. The van der Waals surface area contributed by atoms with Crippen molar-refractivity contribution in [3.05, 3.63) is 25.3 Å². The second-order valence-electron chi connectivity index (χ2n) is 6.70. The minimum absolute atomic E-state index is 0.0699. The van der Waals surface area contributed by atoms with E-state index in [0.717, 1.165) is 12.2 Å². The van der Waals surface area contributed by atoms with Gasteiger partial charge in [-0.25, -0.2) is 9.59 Å². The van der Waals surface area contributed by atoms with Gasteiger partial charge >= 0.3 is 17.9 Å². The lowest BCUT2D eigenvalue weighted by molar-refractivity contribution is -0.149. The van der Waals surface area contributed by atoms with Crippen molar-refractivity contribution in [2.24, 2.45) is 0 Å². The molecule has 0 aliphatic carbocycles. The normalized spacial score (nSPS) is 14.4. The molecule has 4 unspecified atom stereocenters. The van der Waals surface area contributed by atoms with Gasteiger partial charge in [0.25, 0.3) is 0 Å². The molecule has 33 heavy (non-hydrogen) atoms. The van der Waals surface area contributed by atoms with Gasteiger partial charge < -0.3 is 43.7 Å². The molecule has 4 atom stereocenters. The molecule has 0 saturated heterocycles. The minimum Gasteiger partial charge on any atom is -0.463 e. The number of carbonyl (C=O) groups excluding carboxylic acids is 3. The molecule has 0 rings (SSSR count). The van der Waals surface area contributed by atoms with E-state index < -0.39 is 42.3 Å². The maximum absolute atomic E-state index is 11.1. The fraction of sp³-hybridized carbons (Fsp3) is 0.667. The highest BCUT2D eigenvalue weighted by atomic mass is 16.6. The molecule has 0 bridgehead atoms. The van der Waals surface area contributed by atoms with E-state index in [1.165, 1.54) is 0 Å². The van der Waals surface area contributed by atoms with Gasteiger partial charge in [-0.15, -0.1) is 0 Å². The van der Waals surface area contributed by atoms with Gasteiger partial charge in [-0.2, -0.15) is 0 Å². The number of ether oxygens (including phenoxy) is 6. The lowest BCUT2D eigenvalue weighted by Gasteiger charge is -2.21. The summed E-state index contributed by atoms with van der Waals surface area (Å²) < 4.78 is 30.4. The number of esters is 3. The summed E-state index contributed by atoms with van der Waals surface area (Å²) in [4.78, 5) is 33.2. The number of aliphatic hydroxyl groups excluding tert-OH is 3. The van der Waals surface area contributed by atoms with Crippen LogP contribution >= 0.6 is 0 Å². The Morgan fingerprint density at radius 1 is 0.697 bits per heavy atom. The summed E-state index contributed by atoms with van der Waals surface area (Å²) in [6, 6.07) is 0. The van der Waals surface area contributed by atoms with Gasteiger partial charge in [0.05, 0.1) is 33.0 Å². The first kappa shape index (κ1) is 30.6. The van der Waals surface area contributed by atoms with Crippen molar-refractivity contribution < 1.29 is 58.1 Å². The third kappa shape index (κ3) is 17.8. The van der Waals surface area contributed by atoms with Crippen molar-refractivity contribution in [1.29, 1.82) is 0 Å². The molecule has 12 heteroatoms. The molecule has 3 N–H and O–H groups in total. The Balaban J connectivity index is 4.47. The molecule has 0 aliphatic rings. The van der Waals surface area contributed by atoms with Crippen LogP contribution in [0.25, 0.3) is 0 Å². The Morgan fingerprint density at radius 2 is 1.12 bits per heavy atom. The summed E-state index contributed by atoms with van der Waals surface area (Å²) in [7, 11) is 0. The highest BCUT2D eigenvalue weighted by molar-refractivity contribution is 5.81. The zero-order chi connectivity index (χ0) is 25.1. The van der Waals surface area contributed by atoms with Crippen molar-refractivity contribution >= 4 is 17.9 Å². The fourth-order valence-corrected chi connectivity index (χ4v) is 1.97. The monoisotopic (exact) mass is 478 g/mol. The van der Waals surface area contributed by atoms with E-state index in [9.17, 15) is 29.7 Å². The van der Waals surface area contributed by atoms with Gasteiger partial charge in [0.1, 0.15) is 44.2 Å². The molecule has 0 aromatic rings. The first-order valence-corrected chi connectivity index (χ1v) is 10.3. The second-order valence-corrected chi connectivity index (χ2v) is 6.70. The summed E-state index contributed by atoms with van der Waals surface area (Å²) >= 11 is 0. The van der Waals surface area contributed by atoms with E-state index >= 15 is 0 Å². The molecule has 0 fully saturated rings. The zero-order valence-electron chi connectivity index (χ0n) is 18.8. The molecule has 0 aromatic carbocycles. The third-order valence-electron chi connectivity index (χ3n) is 3.65. The highest BCUT2D eigenvalue weighted by Gasteiger charge is 2.17. The van der Waals surface area contributed by atoms with E-state index in [1.807, 2.05) is 0 Å². The van der Waals surface area contributed by atoms with E-state index in [4.69, 9.17) is 28.4 Å². The first-order chi connectivity index (χ1) is 15.7. The van der Waals surface area contributed by atoms with Crippen molar-refractivity contribution in [2.75, 3.05) is 52.9 Å². The Morgan fingerprint density at radius 3 is 1.55 bits per heavy atom. The van der Waals surface area contributed by atoms with Crippen LogP contribution in [0.15, 0.2) is 25.3 Å². The largest absolute Gasteiger partial charge is 0.463 e. The van der Waals surface area contributed by atoms with Crippen LogP contribution in [-0.2, 0) is 42.8 Å². The number of hydrogen-bond donors (Lipinski definition) is 3. The topological polar surface area (TPSA) is 167 Å². The Hall–Kier alpha value is -2.35. The third-order valence-corrected chi connectivity index (χ3v) is 3.65. The predicted octanol–water partition coefficient (Wildman–Crippen LogP) is -1.10. The average Bonchev–Trinajstić information content (AvgIpc) is 2.81. The Bertz CT molecular complexity index is 594. The van der Waals surface area contributed by atoms with Gasteiger partial charge in [0.2, 0.25) is 0 Å². The molecule has 12 nitrogen and oxygen atoms in total. The van der Waals surface area contributed by atoms with Crippen LogP contribution in [0.2, 0.25) is 0 Å². The van der Waals surface area contributed by atoms with Crippen LogP contribution < -0.4 is 0 Å². The number of aliphatic hydroxyl groups is 3. The van der Waals surface area contributed by atoms with Gasteiger partial charge in [-0.05, 0) is 0 Å². The molecule has 0 heterocycles. The molecule has 0 saturated carbocycles. The average molecular weight is 478 g/mol. The standard InChI is InChI=1S/C21H34O12/c1-4-19(25)31-10-15(22)7-28-13-18(30-9-17(24)12-33-21(27)6-3)14-29-8-16(23)11-32-20(26)5-2/h4,6,15-18,22-24H,1,3,5,7-14H2,2H3. The van der Waals surface area contributed by atoms with Gasteiger partial charge in [-0.1, -0.05) is 20.1 Å². The molecule has 190 valence electrons. The van der Waals surface area contributed by atoms with Gasteiger partial charge in [-0.3, -0.25) is 4.79 Å². The van der Waals surface area contributed by atoms with E-state index in [-0.39, 0.29) is 59.3 Å². The molecule has 0 aromatic heterocycles. The Labute approximate surface area is 192 Å². The van der Waals surface area contributed by atoms with Crippen LogP contribution in [0.3, 0.4) is 0 Å². The van der Waals surface area contributed by atoms with Crippen LogP contribution in [-0.4, -0.2) is 110 Å². The molecule has 0 aliphatic heterocycles. The lowest BCUT2D eigenvalue weighted by Crippen LogP contribution is -2.34. The summed E-state index contributed by atoms with van der Waals surface area (Å²) in [5, 5.41) is 29.4. The molecular weight excluding hydrogens is 444 g/mol. The molecule has 0 radical (unpaired) electrons. The number of rotatable bonds is 20. The van der Waals surface area contributed by atoms with Crippen molar-refractivity contribution in [3.63, 3.8) is 0 Å². The zero-order valence-corrected chi connectivity index (χ0v) is 18.8. The van der Waals surface area contributed by atoms with E-state index in [0.29, 0.717) is 0 Å². The number of hydrogen-bond acceptors (Lipinski definition) is 12. The lowest BCUT2D eigenvalue weighted by atomic mass is 10.3. The van der Waals surface area contributed by atoms with Gasteiger partial charge in [0, 0.05) is 18.6 Å². The fourth-order valence-electron chi connectivity index (χ4n) is 1.97. The summed E-state index contributed by atoms with van der Waals surface area (Å²) in [5.74, 6) is -1.83. The van der Waals surface area contributed by atoms with Crippen molar-refractivity contribution in [3.8, 4) is 0 Å². The maximum Gasteiger partial charge on any atom is 0.330 e. The summed E-state index contributed by atoms with van der Waals surface area (Å²) in [5.41, 5.74) is 0. The van der Waals surface area contributed by atoms with Crippen LogP contribution in [0.5, 0.6) is 0 Å². The predicted molar refractivity (Wildman–Crippen MR) is 113 cm³/mol. The van der Waals surface area contributed by atoms with Crippen molar-refractivity contribution in [2.45, 2.75) is 37.8 Å². The summed E-state index contributed by atoms with van der Waals surface area (Å²) in [6.07, 6.45) is -1.89. The van der Waals surface area contributed by atoms with Crippen molar-refractivity contribution in [1.82, 2.24) is 0 Å². The SMILES string of the molecule is C=CC(=O)OCC(O)COCC(COCC(O)COC(=O)CC)OCC(O)COC(=O)C=C.